The molecule has 210 valence electrons. The zero-order valence-corrected chi connectivity index (χ0v) is 20.9. The molecular weight excluding hydrogens is 554 g/mol. The molecule has 0 saturated carbocycles. The Labute approximate surface area is 219 Å². The summed E-state index contributed by atoms with van der Waals surface area (Å²) in [5.41, 5.74) is 1.48. The Bertz CT molecular complexity index is 1360. The lowest BCUT2D eigenvalue weighted by atomic mass is 10.0. The number of Topliss-reactive ketones (excluding diaryl/α,β-unsaturated/α-hetero) is 1. The number of aryl methyl sites for hydroxylation is 1. The highest BCUT2D eigenvalue weighted by molar-refractivity contribution is 7.92. The molecule has 0 aliphatic carbocycles. The number of nitrogens with one attached hydrogen (secondary N) is 1. The Morgan fingerprint density at radius 1 is 0.872 bits per heavy atom. The molecule has 3 aromatic rings. The van der Waals surface area contributed by atoms with E-state index < -0.39 is 52.0 Å². The van der Waals surface area contributed by atoms with Gasteiger partial charge >= 0.3 is 12.4 Å². The highest BCUT2D eigenvalue weighted by Gasteiger charge is 2.31. The number of rotatable bonds is 12. The van der Waals surface area contributed by atoms with Crippen molar-refractivity contribution < 1.29 is 49.0 Å². The summed E-state index contributed by atoms with van der Waals surface area (Å²) in [4.78, 5) is 15.4. The van der Waals surface area contributed by atoms with Gasteiger partial charge in [-0.1, -0.05) is 18.2 Å². The van der Waals surface area contributed by atoms with Crippen LogP contribution in [0.1, 0.15) is 17.5 Å². The Morgan fingerprint density at radius 2 is 1.54 bits per heavy atom. The number of benzene rings is 2. The van der Waals surface area contributed by atoms with Crippen LogP contribution in [0.4, 0.5) is 32.0 Å². The van der Waals surface area contributed by atoms with E-state index in [9.17, 15) is 39.6 Å². The fraction of sp³-hybridized carbons (Fsp3) is 0.280. The summed E-state index contributed by atoms with van der Waals surface area (Å²) in [7, 11) is -4.64. The fourth-order valence-corrected chi connectivity index (χ4v) is 4.50. The molecule has 14 heteroatoms. The van der Waals surface area contributed by atoms with Gasteiger partial charge in [-0.3, -0.25) is 14.5 Å². The molecule has 0 unspecified atom stereocenters. The van der Waals surface area contributed by atoms with Crippen molar-refractivity contribution in [2.45, 2.75) is 36.5 Å². The third-order valence-corrected chi connectivity index (χ3v) is 6.42. The number of ketones is 1. The topological polar surface area (TPSA) is 94.6 Å². The Hall–Kier alpha value is -3.81. The Balaban J connectivity index is 1.72. The van der Waals surface area contributed by atoms with Crippen molar-refractivity contribution in [2.75, 3.05) is 17.9 Å². The first kappa shape index (κ1) is 29.7. The minimum absolute atomic E-state index is 0.00931. The smallest absolute Gasteiger partial charge is 0.422 e. The monoisotopic (exact) mass is 576 g/mol. The van der Waals surface area contributed by atoms with E-state index in [1.165, 1.54) is 24.3 Å². The van der Waals surface area contributed by atoms with Gasteiger partial charge in [0.25, 0.3) is 10.0 Å². The average molecular weight is 577 g/mol. The summed E-state index contributed by atoms with van der Waals surface area (Å²) in [6.07, 6.45) is -5.39. The van der Waals surface area contributed by atoms with E-state index in [0.717, 1.165) is 17.7 Å². The summed E-state index contributed by atoms with van der Waals surface area (Å²) in [6, 6.07) is 11.5. The van der Waals surface area contributed by atoms with Gasteiger partial charge in [-0.25, -0.2) is 8.42 Å². The number of carbonyl (C=O) groups excluding carboxylic acids is 1. The van der Waals surface area contributed by atoms with Crippen LogP contribution in [0.3, 0.4) is 0 Å². The zero-order chi connectivity index (χ0) is 28.7. The number of nitrogens with zero attached hydrogens (tertiary/aromatic N) is 1. The maximum atomic E-state index is 13.0. The van der Waals surface area contributed by atoms with E-state index in [-0.39, 0.29) is 24.3 Å². The second kappa shape index (κ2) is 12.4. The summed E-state index contributed by atoms with van der Waals surface area (Å²) in [5.74, 6) is -1.35. The molecule has 7 nitrogen and oxygen atoms in total. The molecule has 0 radical (unpaired) electrons. The maximum Gasteiger partial charge on any atom is 0.422 e. The van der Waals surface area contributed by atoms with E-state index in [4.69, 9.17) is 0 Å². The number of pyridine rings is 1. The molecule has 0 aliphatic rings. The molecule has 0 aliphatic heterocycles. The number of hydrogen-bond donors (Lipinski definition) is 1. The fourth-order valence-electron chi connectivity index (χ4n) is 3.28. The van der Waals surface area contributed by atoms with Crippen molar-refractivity contribution in [3.8, 4) is 11.5 Å². The normalized spacial score (nSPS) is 12.2. The van der Waals surface area contributed by atoms with Gasteiger partial charge in [0, 0.05) is 37.0 Å². The lowest BCUT2D eigenvalue weighted by Crippen LogP contribution is -2.22. The molecule has 0 saturated heterocycles. The number of aromatic nitrogens is 1. The molecular formula is C25H22F6N2O5S. The van der Waals surface area contributed by atoms with E-state index in [0.29, 0.717) is 18.1 Å². The standard InChI is InChI=1S/C25H22F6N2O5S/c26-24(27,28)15-37-21-9-10-22(38-16-25(29,30)31)23(13-21)39(35,36)33-19-6-3-17(4-7-19)12-20(34)8-5-18-2-1-11-32-14-18/h1-4,6-7,9-11,13-14,33H,5,8,12,15-16H2. The van der Waals surface area contributed by atoms with Crippen molar-refractivity contribution in [1.29, 1.82) is 0 Å². The quantitative estimate of drug-likeness (QED) is 0.286. The summed E-state index contributed by atoms with van der Waals surface area (Å²) in [5, 5.41) is 0. The van der Waals surface area contributed by atoms with Crippen molar-refractivity contribution >= 4 is 21.5 Å². The molecule has 1 aromatic heterocycles. The number of anilines is 1. The first-order valence-electron chi connectivity index (χ1n) is 11.3. The minimum Gasteiger partial charge on any atom is -0.484 e. The van der Waals surface area contributed by atoms with Crippen molar-refractivity contribution in [2.24, 2.45) is 0 Å². The summed E-state index contributed by atoms with van der Waals surface area (Å²) >= 11 is 0. The molecule has 2 aromatic carbocycles. The van der Waals surface area contributed by atoms with Crippen LogP contribution < -0.4 is 14.2 Å². The van der Waals surface area contributed by atoms with Gasteiger partial charge in [0.1, 0.15) is 22.2 Å². The van der Waals surface area contributed by atoms with E-state index in [2.05, 4.69) is 19.2 Å². The SMILES string of the molecule is O=C(CCc1cccnc1)Cc1ccc(NS(=O)(=O)c2cc(OCC(F)(F)F)ccc2OCC(F)(F)F)cc1. The van der Waals surface area contributed by atoms with Crippen LogP contribution in [0, 0.1) is 0 Å². The number of alkyl halides is 6. The van der Waals surface area contributed by atoms with Gasteiger partial charge in [-0.05, 0) is 47.9 Å². The molecule has 1 heterocycles. The van der Waals surface area contributed by atoms with E-state index >= 15 is 0 Å². The van der Waals surface area contributed by atoms with E-state index in [1.807, 2.05) is 6.07 Å². The summed E-state index contributed by atoms with van der Waals surface area (Å²) < 4.78 is 113. The molecule has 39 heavy (non-hydrogen) atoms. The third kappa shape index (κ3) is 10.1. The number of sulfonamides is 1. The first-order chi connectivity index (χ1) is 18.2. The van der Waals surface area contributed by atoms with Crippen LogP contribution in [0.2, 0.25) is 0 Å². The molecule has 1 N–H and O–H groups in total. The highest BCUT2D eigenvalue weighted by Crippen LogP contribution is 2.32. The maximum absolute atomic E-state index is 13.0. The number of ether oxygens (including phenoxy) is 2. The van der Waals surface area contributed by atoms with Gasteiger partial charge in [0.2, 0.25) is 0 Å². The second-order valence-corrected chi connectivity index (χ2v) is 9.95. The van der Waals surface area contributed by atoms with Gasteiger partial charge in [0.05, 0.1) is 0 Å². The number of halogens is 6. The second-order valence-electron chi connectivity index (χ2n) is 8.30. The molecule has 0 atom stereocenters. The third-order valence-electron chi connectivity index (χ3n) is 5.02. The van der Waals surface area contributed by atoms with Gasteiger partial charge in [-0.15, -0.1) is 0 Å². The minimum atomic E-state index is -4.80. The van der Waals surface area contributed by atoms with Crippen LogP contribution in [0.5, 0.6) is 11.5 Å². The number of hydrogen-bond acceptors (Lipinski definition) is 6. The predicted octanol–water partition coefficient (Wildman–Crippen LogP) is 5.51. The van der Waals surface area contributed by atoms with Crippen molar-refractivity contribution in [3.63, 3.8) is 0 Å². The molecule has 3 rings (SSSR count). The predicted molar refractivity (Wildman–Crippen MR) is 128 cm³/mol. The van der Waals surface area contributed by atoms with Crippen LogP contribution >= 0.6 is 0 Å². The van der Waals surface area contributed by atoms with Gasteiger partial charge < -0.3 is 9.47 Å². The lowest BCUT2D eigenvalue weighted by molar-refractivity contribution is -0.154. The molecule has 0 amide bonds. The van der Waals surface area contributed by atoms with Crippen LogP contribution in [0.15, 0.2) is 71.9 Å². The van der Waals surface area contributed by atoms with Gasteiger partial charge in [0.15, 0.2) is 13.2 Å². The molecule has 0 fully saturated rings. The molecule has 0 spiro atoms. The first-order valence-corrected chi connectivity index (χ1v) is 12.7. The van der Waals surface area contributed by atoms with Crippen molar-refractivity contribution in [3.05, 3.63) is 78.1 Å². The lowest BCUT2D eigenvalue weighted by Gasteiger charge is -2.16. The van der Waals surface area contributed by atoms with Crippen LogP contribution in [-0.4, -0.2) is 44.8 Å². The highest BCUT2D eigenvalue weighted by atomic mass is 32.2. The van der Waals surface area contributed by atoms with Crippen LogP contribution in [-0.2, 0) is 27.7 Å². The van der Waals surface area contributed by atoms with E-state index in [1.54, 1.807) is 18.5 Å². The summed E-state index contributed by atoms with van der Waals surface area (Å²) in [6.45, 7) is -3.58. The average Bonchev–Trinajstić information content (AvgIpc) is 2.86. The zero-order valence-electron chi connectivity index (χ0n) is 20.1. The Kier molecular flexibility index (Phi) is 9.43. The largest absolute Gasteiger partial charge is 0.484 e. The number of carbonyl (C=O) groups is 1. The van der Waals surface area contributed by atoms with Gasteiger partial charge in [-0.2, -0.15) is 26.3 Å². The Morgan fingerprint density at radius 3 is 2.15 bits per heavy atom. The van der Waals surface area contributed by atoms with Crippen LogP contribution in [0.25, 0.3) is 0 Å². The van der Waals surface area contributed by atoms with Crippen molar-refractivity contribution in [1.82, 2.24) is 4.98 Å². The molecule has 0 bridgehead atoms.